The molecule has 30 heavy (non-hydrogen) atoms. The minimum absolute atomic E-state index is 0.115. The van der Waals surface area contributed by atoms with Crippen LogP contribution in [0.5, 0.6) is 0 Å². The Balaban J connectivity index is 2.18. The quantitative estimate of drug-likeness (QED) is 0.678. The maximum atomic E-state index is 13.7. The third-order valence-corrected chi connectivity index (χ3v) is 6.25. The number of amides is 1. The first kappa shape index (κ1) is 23.8. The molecule has 0 fully saturated rings. The van der Waals surface area contributed by atoms with Crippen LogP contribution in [-0.2, 0) is 20.2 Å². The maximum Gasteiger partial charge on any atom is 0.243 e. The summed E-state index contributed by atoms with van der Waals surface area (Å²) in [6, 6.07) is 11.2. The molecule has 2 rings (SSSR count). The number of hydrogen-bond donors (Lipinski definition) is 1. The SMILES string of the molecule is C[C@H](CC(C)(C)c1ccccc1)NC(=O)[C@H](C)N(c1ccc(F)c(F)c1)S(C)(=O)=O. The number of sulfonamides is 1. The highest BCUT2D eigenvalue weighted by atomic mass is 32.2. The third-order valence-electron chi connectivity index (χ3n) is 5.01. The van der Waals surface area contributed by atoms with Crippen LogP contribution in [-0.4, -0.2) is 32.7 Å². The minimum atomic E-state index is -3.92. The molecule has 164 valence electrons. The molecule has 0 saturated heterocycles. The average Bonchev–Trinajstić information content (AvgIpc) is 2.63. The van der Waals surface area contributed by atoms with E-state index in [1.807, 2.05) is 37.3 Å². The van der Waals surface area contributed by atoms with Gasteiger partial charge >= 0.3 is 0 Å². The molecule has 0 heterocycles. The van der Waals surface area contributed by atoms with E-state index >= 15 is 0 Å². The van der Waals surface area contributed by atoms with Gasteiger partial charge in [0.15, 0.2) is 11.6 Å². The van der Waals surface area contributed by atoms with E-state index in [9.17, 15) is 22.0 Å². The van der Waals surface area contributed by atoms with Gasteiger partial charge in [0.25, 0.3) is 0 Å². The number of carbonyl (C=O) groups is 1. The van der Waals surface area contributed by atoms with Gasteiger partial charge in [0.1, 0.15) is 6.04 Å². The number of benzene rings is 2. The second-order valence-electron chi connectivity index (χ2n) is 8.20. The lowest BCUT2D eigenvalue weighted by Gasteiger charge is -2.32. The molecule has 0 aliphatic heterocycles. The van der Waals surface area contributed by atoms with Crippen molar-refractivity contribution in [3.05, 3.63) is 65.7 Å². The molecule has 2 aromatic carbocycles. The lowest BCUT2D eigenvalue weighted by molar-refractivity contribution is -0.122. The Morgan fingerprint density at radius 1 is 1.07 bits per heavy atom. The summed E-state index contributed by atoms with van der Waals surface area (Å²) < 4.78 is 52.3. The predicted octanol–water partition coefficient (Wildman–Crippen LogP) is 3.99. The second kappa shape index (κ2) is 9.12. The molecular formula is C22H28F2N2O3S. The molecule has 0 unspecified atom stereocenters. The monoisotopic (exact) mass is 438 g/mol. The van der Waals surface area contributed by atoms with Crippen LogP contribution in [0.1, 0.15) is 39.7 Å². The van der Waals surface area contributed by atoms with E-state index < -0.39 is 33.6 Å². The number of hydrogen-bond acceptors (Lipinski definition) is 3. The number of rotatable bonds is 8. The fraction of sp³-hybridized carbons (Fsp3) is 0.409. The highest BCUT2D eigenvalue weighted by molar-refractivity contribution is 7.92. The van der Waals surface area contributed by atoms with Gasteiger partial charge in [0, 0.05) is 12.1 Å². The van der Waals surface area contributed by atoms with Crippen molar-refractivity contribution in [1.82, 2.24) is 5.32 Å². The van der Waals surface area contributed by atoms with Crippen LogP contribution in [0, 0.1) is 11.6 Å². The summed E-state index contributed by atoms with van der Waals surface area (Å²) in [6.07, 6.45) is 1.54. The lowest BCUT2D eigenvalue weighted by atomic mass is 9.79. The Morgan fingerprint density at radius 3 is 2.20 bits per heavy atom. The fourth-order valence-corrected chi connectivity index (χ4v) is 4.78. The van der Waals surface area contributed by atoms with Crippen molar-refractivity contribution in [1.29, 1.82) is 0 Å². The van der Waals surface area contributed by atoms with Crippen molar-refractivity contribution >= 4 is 21.6 Å². The molecule has 0 radical (unpaired) electrons. The summed E-state index contributed by atoms with van der Waals surface area (Å²) in [5, 5.41) is 2.84. The number of anilines is 1. The first-order chi connectivity index (χ1) is 13.8. The summed E-state index contributed by atoms with van der Waals surface area (Å²) in [4.78, 5) is 12.8. The van der Waals surface area contributed by atoms with Crippen molar-refractivity contribution in [3.8, 4) is 0 Å². The van der Waals surface area contributed by atoms with Crippen LogP contribution in [0.15, 0.2) is 48.5 Å². The third kappa shape index (κ3) is 5.78. The van der Waals surface area contributed by atoms with Gasteiger partial charge in [-0.25, -0.2) is 17.2 Å². The van der Waals surface area contributed by atoms with Crippen LogP contribution in [0.25, 0.3) is 0 Å². The summed E-state index contributed by atoms with van der Waals surface area (Å²) in [5.74, 6) is -2.81. The molecule has 0 saturated carbocycles. The van der Waals surface area contributed by atoms with Crippen LogP contribution < -0.4 is 9.62 Å². The molecule has 0 aliphatic rings. The summed E-state index contributed by atoms with van der Waals surface area (Å²) in [5.41, 5.74) is 0.795. The first-order valence-electron chi connectivity index (χ1n) is 9.63. The zero-order chi connectivity index (χ0) is 22.7. The molecule has 1 amide bonds. The van der Waals surface area contributed by atoms with Crippen molar-refractivity contribution in [2.45, 2.75) is 51.6 Å². The first-order valence-corrected chi connectivity index (χ1v) is 11.5. The van der Waals surface area contributed by atoms with Gasteiger partial charge in [-0.1, -0.05) is 44.2 Å². The maximum absolute atomic E-state index is 13.7. The summed E-state index contributed by atoms with van der Waals surface area (Å²) >= 11 is 0. The van der Waals surface area contributed by atoms with Gasteiger partial charge in [0.05, 0.1) is 11.9 Å². The molecule has 0 spiro atoms. The van der Waals surface area contributed by atoms with Gasteiger partial charge < -0.3 is 5.32 Å². The lowest BCUT2D eigenvalue weighted by Crippen LogP contribution is -2.50. The Labute approximate surface area is 177 Å². The van der Waals surface area contributed by atoms with E-state index in [0.717, 1.165) is 34.3 Å². The largest absolute Gasteiger partial charge is 0.352 e. The van der Waals surface area contributed by atoms with Crippen LogP contribution in [0.3, 0.4) is 0 Å². The van der Waals surface area contributed by atoms with Gasteiger partial charge in [-0.2, -0.15) is 0 Å². The minimum Gasteiger partial charge on any atom is -0.352 e. The van der Waals surface area contributed by atoms with E-state index in [-0.39, 0.29) is 17.1 Å². The topological polar surface area (TPSA) is 66.5 Å². The standard InChI is InChI=1S/C22H28F2N2O3S/c1-15(14-22(3,4)17-9-7-6-8-10-17)25-21(27)16(2)26(30(5,28)29)18-11-12-19(23)20(24)13-18/h6-13,15-16H,14H2,1-5H3,(H,25,27)/t15-,16+/m1/s1. The predicted molar refractivity (Wildman–Crippen MR) is 115 cm³/mol. The van der Waals surface area contributed by atoms with E-state index in [4.69, 9.17) is 0 Å². The molecule has 0 bridgehead atoms. The van der Waals surface area contributed by atoms with Gasteiger partial charge in [-0.15, -0.1) is 0 Å². The van der Waals surface area contributed by atoms with Crippen molar-refractivity contribution < 1.29 is 22.0 Å². The molecule has 1 N–H and O–H groups in total. The van der Waals surface area contributed by atoms with Crippen molar-refractivity contribution in [2.75, 3.05) is 10.6 Å². The molecule has 0 aliphatic carbocycles. The Bertz CT molecular complexity index is 995. The highest BCUT2D eigenvalue weighted by Crippen LogP contribution is 2.28. The molecule has 8 heteroatoms. The molecular weight excluding hydrogens is 410 g/mol. The number of nitrogens with zero attached hydrogens (tertiary/aromatic N) is 1. The Morgan fingerprint density at radius 2 is 1.67 bits per heavy atom. The van der Waals surface area contributed by atoms with Gasteiger partial charge in [-0.3, -0.25) is 9.10 Å². The van der Waals surface area contributed by atoms with E-state index in [2.05, 4.69) is 19.2 Å². The van der Waals surface area contributed by atoms with E-state index in [1.165, 1.54) is 6.92 Å². The van der Waals surface area contributed by atoms with Crippen LogP contribution in [0.4, 0.5) is 14.5 Å². The second-order valence-corrected chi connectivity index (χ2v) is 10.1. The Kier molecular flexibility index (Phi) is 7.23. The molecule has 0 aromatic heterocycles. The number of carbonyl (C=O) groups excluding carboxylic acids is 1. The van der Waals surface area contributed by atoms with Gasteiger partial charge in [-0.05, 0) is 43.4 Å². The van der Waals surface area contributed by atoms with Crippen LogP contribution in [0.2, 0.25) is 0 Å². The average molecular weight is 439 g/mol. The number of nitrogens with one attached hydrogen (secondary N) is 1. The molecule has 2 atom stereocenters. The van der Waals surface area contributed by atoms with Crippen molar-refractivity contribution in [3.63, 3.8) is 0 Å². The van der Waals surface area contributed by atoms with Crippen LogP contribution >= 0.6 is 0 Å². The zero-order valence-electron chi connectivity index (χ0n) is 17.8. The smallest absolute Gasteiger partial charge is 0.243 e. The summed E-state index contributed by atoms with van der Waals surface area (Å²) in [7, 11) is -3.92. The van der Waals surface area contributed by atoms with E-state index in [1.54, 1.807) is 0 Å². The zero-order valence-corrected chi connectivity index (χ0v) is 18.6. The normalized spacial score (nSPS) is 14.1. The van der Waals surface area contributed by atoms with E-state index in [0.29, 0.717) is 6.42 Å². The fourth-order valence-electron chi connectivity index (χ4n) is 3.62. The molecule has 2 aromatic rings. The number of halogens is 2. The molecule has 5 nitrogen and oxygen atoms in total. The Hall–Kier alpha value is -2.48. The summed E-state index contributed by atoms with van der Waals surface area (Å²) in [6.45, 7) is 7.39. The highest BCUT2D eigenvalue weighted by Gasteiger charge is 2.31. The van der Waals surface area contributed by atoms with Gasteiger partial charge in [0.2, 0.25) is 15.9 Å². The van der Waals surface area contributed by atoms with Crippen molar-refractivity contribution in [2.24, 2.45) is 0 Å².